The van der Waals surface area contributed by atoms with Crippen molar-refractivity contribution in [1.29, 1.82) is 0 Å². The van der Waals surface area contributed by atoms with Crippen molar-refractivity contribution < 1.29 is 13.5 Å². The first-order valence-corrected chi connectivity index (χ1v) is 7.22. The van der Waals surface area contributed by atoms with Gasteiger partial charge in [-0.25, -0.2) is 13.1 Å². The normalized spacial score (nSPS) is 20.3. The fourth-order valence-corrected chi connectivity index (χ4v) is 3.11. The van der Waals surface area contributed by atoms with Gasteiger partial charge in [0.2, 0.25) is 0 Å². The summed E-state index contributed by atoms with van der Waals surface area (Å²) in [5.41, 5.74) is -0.897. The number of sulfonamides is 1. The van der Waals surface area contributed by atoms with E-state index in [0.717, 1.165) is 19.3 Å². The Kier molecular flexibility index (Phi) is 3.50. The van der Waals surface area contributed by atoms with Gasteiger partial charge in [0.1, 0.15) is 0 Å². The Labute approximate surface area is 100 Å². The summed E-state index contributed by atoms with van der Waals surface area (Å²) in [6.07, 6.45) is 5.68. The first-order valence-electron chi connectivity index (χ1n) is 5.73. The lowest BCUT2D eigenvalue weighted by Crippen LogP contribution is -2.44. The van der Waals surface area contributed by atoms with E-state index in [2.05, 4.69) is 14.9 Å². The van der Waals surface area contributed by atoms with Crippen molar-refractivity contribution in [3.05, 3.63) is 12.3 Å². The standard InChI is InChI=1S/C10H17N3O3S/c14-10(5-2-1-3-6-10)8-12-17(15,16)9-4-7-11-13-9/h4,7,12,14H,1-3,5-6,8H2,(H,11,13). The van der Waals surface area contributed by atoms with Crippen LogP contribution in [0.3, 0.4) is 0 Å². The predicted molar refractivity (Wildman–Crippen MR) is 61.8 cm³/mol. The summed E-state index contributed by atoms with van der Waals surface area (Å²) in [6, 6.07) is 1.38. The minimum Gasteiger partial charge on any atom is -0.389 e. The second-order valence-corrected chi connectivity index (χ2v) is 6.27. The lowest BCUT2D eigenvalue weighted by Gasteiger charge is -2.31. The van der Waals surface area contributed by atoms with E-state index in [1.807, 2.05) is 0 Å². The molecule has 1 aromatic heterocycles. The van der Waals surface area contributed by atoms with Gasteiger partial charge in [-0.05, 0) is 18.9 Å². The third-order valence-corrected chi connectivity index (χ3v) is 4.47. The maximum atomic E-state index is 11.8. The summed E-state index contributed by atoms with van der Waals surface area (Å²) >= 11 is 0. The van der Waals surface area contributed by atoms with E-state index < -0.39 is 15.6 Å². The highest BCUT2D eigenvalue weighted by molar-refractivity contribution is 7.89. The fraction of sp³-hybridized carbons (Fsp3) is 0.700. The topological polar surface area (TPSA) is 95.1 Å². The third-order valence-electron chi connectivity index (χ3n) is 3.14. The smallest absolute Gasteiger partial charge is 0.257 e. The molecule has 0 spiro atoms. The Morgan fingerprint density at radius 2 is 2.12 bits per heavy atom. The zero-order valence-electron chi connectivity index (χ0n) is 9.52. The Hall–Kier alpha value is -0.920. The largest absolute Gasteiger partial charge is 0.389 e. The molecule has 17 heavy (non-hydrogen) atoms. The molecule has 7 heteroatoms. The molecular weight excluding hydrogens is 242 g/mol. The second kappa shape index (κ2) is 4.75. The molecule has 96 valence electrons. The summed E-state index contributed by atoms with van der Waals surface area (Å²) in [7, 11) is -3.58. The Morgan fingerprint density at radius 3 is 2.71 bits per heavy atom. The molecule has 1 aliphatic rings. The van der Waals surface area contributed by atoms with Gasteiger partial charge in [0.25, 0.3) is 10.0 Å². The molecule has 1 aliphatic carbocycles. The molecule has 0 unspecified atom stereocenters. The van der Waals surface area contributed by atoms with E-state index in [1.165, 1.54) is 12.3 Å². The lowest BCUT2D eigenvalue weighted by molar-refractivity contribution is 0.00944. The minimum absolute atomic E-state index is 0.0249. The van der Waals surface area contributed by atoms with Gasteiger partial charge < -0.3 is 5.11 Å². The van der Waals surface area contributed by atoms with Crippen molar-refractivity contribution in [1.82, 2.24) is 14.9 Å². The monoisotopic (exact) mass is 259 g/mol. The van der Waals surface area contributed by atoms with Crippen LogP contribution in [0.2, 0.25) is 0 Å². The van der Waals surface area contributed by atoms with E-state index in [9.17, 15) is 13.5 Å². The van der Waals surface area contributed by atoms with Crippen LogP contribution in [-0.4, -0.2) is 35.9 Å². The average Bonchev–Trinajstić information content (AvgIpc) is 2.82. The van der Waals surface area contributed by atoms with Crippen LogP contribution in [0.1, 0.15) is 32.1 Å². The lowest BCUT2D eigenvalue weighted by atomic mass is 9.85. The molecule has 0 aromatic carbocycles. The van der Waals surface area contributed by atoms with Gasteiger partial charge in [-0.3, -0.25) is 5.10 Å². The van der Waals surface area contributed by atoms with E-state index in [-0.39, 0.29) is 11.6 Å². The first kappa shape index (κ1) is 12.5. The van der Waals surface area contributed by atoms with Gasteiger partial charge in [0.15, 0.2) is 5.03 Å². The van der Waals surface area contributed by atoms with E-state index in [0.29, 0.717) is 12.8 Å². The van der Waals surface area contributed by atoms with Crippen LogP contribution in [0.4, 0.5) is 0 Å². The van der Waals surface area contributed by atoms with Crippen molar-refractivity contribution in [2.24, 2.45) is 0 Å². The molecular formula is C10H17N3O3S. The maximum Gasteiger partial charge on any atom is 0.257 e. The quantitative estimate of drug-likeness (QED) is 0.728. The van der Waals surface area contributed by atoms with Gasteiger partial charge in [-0.1, -0.05) is 19.3 Å². The molecule has 1 fully saturated rings. The van der Waals surface area contributed by atoms with Crippen LogP contribution in [-0.2, 0) is 10.0 Å². The summed E-state index contributed by atoms with van der Waals surface area (Å²) < 4.78 is 26.0. The maximum absolute atomic E-state index is 11.8. The number of hydrogen-bond donors (Lipinski definition) is 3. The average molecular weight is 259 g/mol. The molecule has 0 bridgehead atoms. The minimum atomic E-state index is -3.58. The van der Waals surface area contributed by atoms with E-state index in [1.54, 1.807) is 0 Å². The summed E-state index contributed by atoms with van der Waals surface area (Å²) in [4.78, 5) is 0. The van der Waals surface area contributed by atoms with E-state index >= 15 is 0 Å². The molecule has 0 aliphatic heterocycles. The van der Waals surface area contributed by atoms with Crippen LogP contribution < -0.4 is 4.72 Å². The molecule has 0 saturated heterocycles. The van der Waals surface area contributed by atoms with Gasteiger partial charge in [0.05, 0.1) is 11.8 Å². The van der Waals surface area contributed by atoms with Gasteiger partial charge in [-0.2, -0.15) is 5.10 Å². The van der Waals surface area contributed by atoms with Crippen molar-refractivity contribution in [2.75, 3.05) is 6.54 Å². The van der Waals surface area contributed by atoms with Crippen LogP contribution >= 0.6 is 0 Å². The Balaban J connectivity index is 1.98. The van der Waals surface area contributed by atoms with Crippen molar-refractivity contribution in [3.63, 3.8) is 0 Å². The van der Waals surface area contributed by atoms with Crippen molar-refractivity contribution in [2.45, 2.75) is 42.7 Å². The molecule has 2 rings (SSSR count). The molecule has 1 heterocycles. The zero-order valence-corrected chi connectivity index (χ0v) is 10.3. The SMILES string of the molecule is O=S(=O)(NCC1(O)CCCCC1)c1ccn[nH]1. The molecule has 1 aromatic rings. The highest BCUT2D eigenvalue weighted by Crippen LogP contribution is 2.27. The molecule has 0 radical (unpaired) electrons. The fourth-order valence-electron chi connectivity index (χ4n) is 2.09. The number of hydrogen-bond acceptors (Lipinski definition) is 4. The summed E-state index contributed by atoms with van der Waals surface area (Å²) in [6.45, 7) is 0.0638. The summed E-state index contributed by atoms with van der Waals surface area (Å²) in [5.74, 6) is 0. The number of aromatic nitrogens is 2. The van der Waals surface area contributed by atoms with Crippen LogP contribution in [0.25, 0.3) is 0 Å². The number of H-pyrrole nitrogens is 1. The van der Waals surface area contributed by atoms with Crippen molar-refractivity contribution in [3.8, 4) is 0 Å². The van der Waals surface area contributed by atoms with Crippen LogP contribution in [0.15, 0.2) is 17.3 Å². The molecule has 3 N–H and O–H groups in total. The zero-order chi connectivity index (χ0) is 12.4. The highest BCUT2D eigenvalue weighted by atomic mass is 32.2. The van der Waals surface area contributed by atoms with Crippen LogP contribution in [0, 0.1) is 0 Å². The van der Waals surface area contributed by atoms with E-state index in [4.69, 9.17) is 0 Å². The van der Waals surface area contributed by atoms with Gasteiger partial charge in [-0.15, -0.1) is 0 Å². The van der Waals surface area contributed by atoms with Crippen LogP contribution in [0.5, 0.6) is 0 Å². The highest BCUT2D eigenvalue weighted by Gasteiger charge is 2.31. The van der Waals surface area contributed by atoms with Gasteiger partial charge >= 0.3 is 0 Å². The van der Waals surface area contributed by atoms with Crippen molar-refractivity contribution >= 4 is 10.0 Å². The Morgan fingerprint density at radius 1 is 1.41 bits per heavy atom. The summed E-state index contributed by atoms with van der Waals surface area (Å²) in [5, 5.41) is 16.2. The second-order valence-electron chi connectivity index (χ2n) is 4.53. The number of aliphatic hydroxyl groups is 1. The number of rotatable bonds is 4. The number of nitrogens with one attached hydrogen (secondary N) is 2. The predicted octanol–water partition coefficient (Wildman–Crippen LogP) is 0.383. The molecule has 0 amide bonds. The number of nitrogens with zero attached hydrogens (tertiary/aromatic N) is 1. The first-order chi connectivity index (χ1) is 8.02. The Bertz CT molecular complexity index is 449. The van der Waals surface area contributed by atoms with Gasteiger partial charge in [0, 0.05) is 6.54 Å². The molecule has 0 atom stereocenters. The molecule has 6 nitrogen and oxygen atoms in total. The number of aromatic amines is 1. The third kappa shape index (κ3) is 3.05. The molecule has 1 saturated carbocycles.